The topological polar surface area (TPSA) is 64.4 Å². The van der Waals surface area contributed by atoms with Gasteiger partial charge in [0.15, 0.2) is 5.82 Å². The summed E-state index contributed by atoms with van der Waals surface area (Å²) in [7, 11) is -4.20. The molecule has 0 saturated heterocycles. The first-order valence-electron chi connectivity index (χ1n) is 10.9. The van der Waals surface area contributed by atoms with E-state index in [2.05, 4.69) is 5.10 Å². The van der Waals surface area contributed by atoms with Crippen molar-refractivity contribution in [2.24, 2.45) is 0 Å². The maximum atomic E-state index is 14.8. The molecule has 8 heteroatoms. The molecule has 0 radical (unpaired) electrons. The van der Waals surface area contributed by atoms with Crippen LogP contribution in [-0.2, 0) is 41.0 Å². The van der Waals surface area contributed by atoms with Crippen LogP contribution in [0.5, 0.6) is 0 Å². The summed E-state index contributed by atoms with van der Waals surface area (Å²) in [5.41, 5.74) is 2.63. The molecule has 0 aliphatic rings. The summed E-state index contributed by atoms with van der Waals surface area (Å²) in [6, 6.07) is 28.1. The molecule has 0 bridgehead atoms. The molecule has 1 heterocycles. The summed E-state index contributed by atoms with van der Waals surface area (Å²) in [6.07, 6.45) is 1.10. The molecule has 34 heavy (non-hydrogen) atoms. The zero-order valence-electron chi connectivity index (χ0n) is 18.6. The fourth-order valence-corrected chi connectivity index (χ4v) is 4.90. The van der Waals surface area contributed by atoms with E-state index >= 15 is 0 Å². The molecule has 0 aliphatic heterocycles. The standard InChI is InChI=1S/C26H26FN3O3S/c27-25-20-29(16-17-33-21-24-14-8-3-9-15-24)28-26(25)34(31,32)30(18-22-10-4-1-5-11-22)19-23-12-6-2-7-13-23/h1-15,20H,16-19,21H2. The average Bonchev–Trinajstić information content (AvgIpc) is 3.24. The molecule has 1 aromatic heterocycles. The van der Waals surface area contributed by atoms with Gasteiger partial charge in [-0.2, -0.15) is 9.40 Å². The third-order valence-corrected chi connectivity index (χ3v) is 6.95. The van der Waals surface area contributed by atoms with Gasteiger partial charge in [-0.15, -0.1) is 0 Å². The number of ether oxygens (including phenoxy) is 1. The molecule has 0 N–H and O–H groups in total. The molecule has 6 nitrogen and oxygen atoms in total. The molecule has 0 spiro atoms. The Morgan fingerprint density at radius 3 is 1.82 bits per heavy atom. The summed E-state index contributed by atoms with van der Waals surface area (Å²) in [5, 5.41) is 3.48. The van der Waals surface area contributed by atoms with Crippen LogP contribution in [0.4, 0.5) is 4.39 Å². The number of halogens is 1. The van der Waals surface area contributed by atoms with Crippen molar-refractivity contribution in [3.05, 3.63) is 120 Å². The fourth-order valence-electron chi connectivity index (χ4n) is 3.51. The molecule has 0 unspecified atom stereocenters. The van der Waals surface area contributed by atoms with Gasteiger partial charge in [0, 0.05) is 13.1 Å². The highest BCUT2D eigenvalue weighted by molar-refractivity contribution is 7.89. The quantitative estimate of drug-likeness (QED) is 0.294. The van der Waals surface area contributed by atoms with Crippen molar-refractivity contribution in [3.8, 4) is 0 Å². The Hall–Kier alpha value is -3.33. The number of nitrogens with zero attached hydrogens (tertiary/aromatic N) is 3. The van der Waals surface area contributed by atoms with E-state index in [-0.39, 0.29) is 26.2 Å². The highest BCUT2D eigenvalue weighted by Crippen LogP contribution is 2.22. The third kappa shape index (κ3) is 6.17. The second-order valence-electron chi connectivity index (χ2n) is 7.83. The highest BCUT2D eigenvalue weighted by Gasteiger charge is 2.31. The maximum absolute atomic E-state index is 14.8. The van der Waals surface area contributed by atoms with Crippen molar-refractivity contribution in [2.75, 3.05) is 6.61 Å². The van der Waals surface area contributed by atoms with Crippen LogP contribution in [0.15, 0.2) is 102 Å². The molecular formula is C26H26FN3O3S. The van der Waals surface area contributed by atoms with Crippen molar-refractivity contribution in [2.45, 2.75) is 31.3 Å². The minimum atomic E-state index is -4.20. The van der Waals surface area contributed by atoms with Gasteiger partial charge in [0.1, 0.15) is 0 Å². The third-order valence-electron chi connectivity index (χ3n) is 5.25. The Morgan fingerprint density at radius 2 is 1.29 bits per heavy atom. The first kappa shape index (κ1) is 23.8. The van der Waals surface area contributed by atoms with Crippen LogP contribution in [0.25, 0.3) is 0 Å². The molecule has 4 rings (SSSR count). The first-order valence-corrected chi connectivity index (χ1v) is 12.4. The van der Waals surface area contributed by atoms with E-state index < -0.39 is 20.9 Å². The van der Waals surface area contributed by atoms with Crippen molar-refractivity contribution >= 4 is 10.0 Å². The van der Waals surface area contributed by atoms with Gasteiger partial charge in [-0.3, -0.25) is 4.68 Å². The first-order chi connectivity index (χ1) is 16.5. The minimum absolute atomic E-state index is 0.102. The van der Waals surface area contributed by atoms with E-state index in [9.17, 15) is 12.8 Å². The zero-order chi connectivity index (χ0) is 23.8. The lowest BCUT2D eigenvalue weighted by Crippen LogP contribution is -2.31. The van der Waals surface area contributed by atoms with Crippen LogP contribution in [0.2, 0.25) is 0 Å². The predicted molar refractivity (Wildman–Crippen MR) is 128 cm³/mol. The van der Waals surface area contributed by atoms with E-state index in [0.29, 0.717) is 6.61 Å². The van der Waals surface area contributed by atoms with E-state index in [1.165, 1.54) is 8.99 Å². The second kappa shape index (κ2) is 11.2. The summed E-state index contributed by atoms with van der Waals surface area (Å²) < 4.78 is 49.9. The molecule has 3 aromatic carbocycles. The van der Waals surface area contributed by atoms with Gasteiger partial charge in [0.2, 0.25) is 5.03 Å². The lowest BCUT2D eigenvalue weighted by molar-refractivity contribution is 0.110. The molecule has 0 aliphatic carbocycles. The van der Waals surface area contributed by atoms with E-state index in [1.54, 1.807) is 0 Å². The van der Waals surface area contributed by atoms with Crippen LogP contribution in [0, 0.1) is 5.82 Å². The molecule has 176 valence electrons. The van der Waals surface area contributed by atoms with E-state index in [4.69, 9.17) is 4.74 Å². The Morgan fingerprint density at radius 1 is 0.794 bits per heavy atom. The summed E-state index contributed by atoms with van der Waals surface area (Å²) >= 11 is 0. The number of sulfonamides is 1. The number of benzene rings is 3. The van der Waals surface area contributed by atoms with Crippen LogP contribution >= 0.6 is 0 Å². The van der Waals surface area contributed by atoms with Crippen molar-refractivity contribution in [3.63, 3.8) is 0 Å². The van der Waals surface area contributed by atoms with Crippen molar-refractivity contribution in [1.82, 2.24) is 14.1 Å². The molecule has 0 fully saturated rings. The van der Waals surface area contributed by atoms with Gasteiger partial charge in [-0.05, 0) is 16.7 Å². The minimum Gasteiger partial charge on any atom is -0.375 e. The van der Waals surface area contributed by atoms with Crippen LogP contribution < -0.4 is 0 Å². The summed E-state index contributed by atoms with van der Waals surface area (Å²) in [6.45, 7) is 1.12. The Balaban J connectivity index is 1.49. The lowest BCUT2D eigenvalue weighted by atomic mass is 10.2. The normalized spacial score (nSPS) is 11.7. The van der Waals surface area contributed by atoms with E-state index in [1.807, 2.05) is 91.0 Å². The molecular weight excluding hydrogens is 453 g/mol. The van der Waals surface area contributed by atoms with E-state index in [0.717, 1.165) is 22.9 Å². The van der Waals surface area contributed by atoms with Gasteiger partial charge in [0.05, 0.1) is 26.0 Å². The Labute approximate surface area is 199 Å². The Kier molecular flexibility index (Phi) is 7.84. The number of hydrogen-bond donors (Lipinski definition) is 0. The van der Waals surface area contributed by atoms with Gasteiger partial charge in [0.25, 0.3) is 10.0 Å². The second-order valence-corrected chi connectivity index (χ2v) is 9.68. The monoisotopic (exact) mass is 479 g/mol. The van der Waals surface area contributed by atoms with Gasteiger partial charge < -0.3 is 4.74 Å². The van der Waals surface area contributed by atoms with Gasteiger partial charge in [-0.25, -0.2) is 12.8 Å². The molecule has 0 amide bonds. The van der Waals surface area contributed by atoms with Crippen LogP contribution in [0.1, 0.15) is 16.7 Å². The summed E-state index contributed by atoms with van der Waals surface area (Å²) in [4.78, 5) is 0. The molecule has 0 saturated carbocycles. The van der Waals surface area contributed by atoms with Crippen molar-refractivity contribution < 1.29 is 17.5 Å². The number of rotatable bonds is 11. The van der Waals surface area contributed by atoms with Crippen LogP contribution in [0.3, 0.4) is 0 Å². The highest BCUT2D eigenvalue weighted by atomic mass is 32.2. The molecule has 4 aromatic rings. The smallest absolute Gasteiger partial charge is 0.265 e. The Bertz CT molecular complexity index is 1240. The largest absolute Gasteiger partial charge is 0.375 e. The fraction of sp³-hybridized carbons (Fsp3) is 0.192. The lowest BCUT2D eigenvalue weighted by Gasteiger charge is -2.21. The van der Waals surface area contributed by atoms with Crippen LogP contribution in [-0.4, -0.2) is 29.1 Å². The van der Waals surface area contributed by atoms with Gasteiger partial charge in [-0.1, -0.05) is 91.0 Å². The number of hydrogen-bond acceptors (Lipinski definition) is 4. The molecule has 0 atom stereocenters. The van der Waals surface area contributed by atoms with Gasteiger partial charge >= 0.3 is 0 Å². The maximum Gasteiger partial charge on any atom is 0.265 e. The predicted octanol–water partition coefficient (Wildman–Crippen LogP) is 4.63. The zero-order valence-corrected chi connectivity index (χ0v) is 19.4. The number of aromatic nitrogens is 2. The van der Waals surface area contributed by atoms with Crippen molar-refractivity contribution in [1.29, 1.82) is 0 Å². The summed E-state index contributed by atoms with van der Waals surface area (Å²) in [5.74, 6) is -0.880. The SMILES string of the molecule is O=S(=O)(c1nn(CCOCc2ccccc2)cc1F)N(Cc1ccccc1)Cc1ccccc1. The average molecular weight is 480 g/mol.